The molecule has 0 aliphatic carbocycles. The van der Waals surface area contributed by atoms with Crippen LogP contribution in [0.15, 0.2) is 30.6 Å². The lowest BCUT2D eigenvalue weighted by Crippen LogP contribution is -2.08. The van der Waals surface area contributed by atoms with Crippen molar-refractivity contribution in [3.63, 3.8) is 0 Å². The molecule has 0 unspecified atom stereocenters. The summed E-state index contributed by atoms with van der Waals surface area (Å²) in [6.07, 6.45) is 2.77. The summed E-state index contributed by atoms with van der Waals surface area (Å²) in [5.41, 5.74) is 1.11. The summed E-state index contributed by atoms with van der Waals surface area (Å²) in [6, 6.07) is 3.94. The molecule has 0 fully saturated rings. The molecule has 2 rings (SSSR count). The fraction of sp³-hybridized carbons (Fsp3) is 0.154. The Labute approximate surface area is 124 Å². The number of nitrogens with zero attached hydrogens (tertiary/aromatic N) is 3. The SMILES string of the molecule is Cc1cnc(C(=O)OCc2ccc([N+](=O)[O-])cc2Cl)cn1. The topological polar surface area (TPSA) is 95.2 Å². The van der Waals surface area contributed by atoms with Gasteiger partial charge in [0.1, 0.15) is 6.61 Å². The largest absolute Gasteiger partial charge is 0.456 e. The summed E-state index contributed by atoms with van der Waals surface area (Å²) in [4.78, 5) is 29.6. The molecule has 8 heteroatoms. The Kier molecular flexibility index (Phi) is 4.44. The summed E-state index contributed by atoms with van der Waals surface area (Å²) in [5, 5.41) is 10.7. The monoisotopic (exact) mass is 307 g/mol. The van der Waals surface area contributed by atoms with E-state index in [1.807, 2.05) is 0 Å². The Morgan fingerprint density at radius 3 is 2.71 bits per heavy atom. The maximum Gasteiger partial charge on any atom is 0.358 e. The number of non-ortho nitro benzene ring substituents is 1. The standard InChI is InChI=1S/C13H10ClN3O4/c1-8-5-16-12(6-15-8)13(18)21-7-9-2-3-10(17(19)20)4-11(9)14/h2-6H,7H2,1H3. The van der Waals surface area contributed by atoms with Gasteiger partial charge in [-0.15, -0.1) is 0 Å². The molecular weight excluding hydrogens is 298 g/mol. The Morgan fingerprint density at radius 1 is 1.38 bits per heavy atom. The van der Waals surface area contributed by atoms with Crippen LogP contribution >= 0.6 is 11.6 Å². The highest BCUT2D eigenvalue weighted by Crippen LogP contribution is 2.23. The van der Waals surface area contributed by atoms with Gasteiger partial charge in [-0.1, -0.05) is 11.6 Å². The van der Waals surface area contributed by atoms with Crippen LogP contribution in [-0.4, -0.2) is 20.9 Å². The van der Waals surface area contributed by atoms with Crippen LogP contribution in [0.1, 0.15) is 21.7 Å². The third kappa shape index (κ3) is 3.73. The number of halogens is 1. The molecule has 0 bridgehead atoms. The van der Waals surface area contributed by atoms with Crippen molar-refractivity contribution in [2.75, 3.05) is 0 Å². The van der Waals surface area contributed by atoms with Gasteiger partial charge in [0.25, 0.3) is 5.69 Å². The van der Waals surface area contributed by atoms with Crippen LogP contribution in [0.4, 0.5) is 5.69 Å². The van der Waals surface area contributed by atoms with Crippen molar-refractivity contribution in [3.05, 3.63) is 62.7 Å². The lowest BCUT2D eigenvalue weighted by Gasteiger charge is -2.06. The Morgan fingerprint density at radius 2 is 2.14 bits per heavy atom. The number of nitro benzene ring substituents is 1. The summed E-state index contributed by atoms with van der Waals surface area (Å²) in [6.45, 7) is 1.64. The molecule has 0 saturated carbocycles. The van der Waals surface area contributed by atoms with Gasteiger partial charge in [-0.3, -0.25) is 15.1 Å². The van der Waals surface area contributed by atoms with Gasteiger partial charge >= 0.3 is 5.97 Å². The average Bonchev–Trinajstić information content (AvgIpc) is 2.46. The van der Waals surface area contributed by atoms with E-state index in [4.69, 9.17) is 16.3 Å². The van der Waals surface area contributed by atoms with Gasteiger partial charge in [-0.05, 0) is 13.0 Å². The predicted molar refractivity (Wildman–Crippen MR) is 74.0 cm³/mol. The number of aryl methyl sites for hydroxylation is 1. The zero-order valence-corrected chi connectivity index (χ0v) is 11.7. The summed E-state index contributed by atoms with van der Waals surface area (Å²) >= 11 is 5.90. The average molecular weight is 308 g/mol. The lowest BCUT2D eigenvalue weighted by molar-refractivity contribution is -0.384. The molecule has 21 heavy (non-hydrogen) atoms. The molecule has 0 spiro atoms. The van der Waals surface area contributed by atoms with Gasteiger partial charge in [-0.2, -0.15) is 0 Å². The van der Waals surface area contributed by atoms with Gasteiger partial charge in [0.05, 0.1) is 21.8 Å². The first-order valence-electron chi connectivity index (χ1n) is 5.86. The third-order valence-corrected chi connectivity index (χ3v) is 2.95. The van der Waals surface area contributed by atoms with Crippen molar-refractivity contribution < 1.29 is 14.5 Å². The number of aromatic nitrogens is 2. The van der Waals surface area contributed by atoms with Crippen molar-refractivity contribution in [2.45, 2.75) is 13.5 Å². The number of nitro groups is 1. The number of esters is 1. The van der Waals surface area contributed by atoms with E-state index in [9.17, 15) is 14.9 Å². The fourth-order valence-corrected chi connectivity index (χ4v) is 1.71. The molecular formula is C13H10ClN3O4. The van der Waals surface area contributed by atoms with Crippen LogP contribution in [0.25, 0.3) is 0 Å². The van der Waals surface area contributed by atoms with E-state index in [-0.39, 0.29) is 23.0 Å². The predicted octanol–water partition coefficient (Wildman–Crippen LogP) is 2.70. The highest BCUT2D eigenvalue weighted by Gasteiger charge is 2.13. The van der Waals surface area contributed by atoms with Crippen LogP contribution in [0, 0.1) is 17.0 Å². The van der Waals surface area contributed by atoms with Gasteiger partial charge in [-0.25, -0.2) is 9.78 Å². The van der Waals surface area contributed by atoms with Crippen LogP contribution in [-0.2, 0) is 11.3 Å². The molecule has 108 valence electrons. The molecule has 0 aliphatic rings. The first kappa shape index (κ1) is 14.9. The normalized spacial score (nSPS) is 10.2. The zero-order chi connectivity index (χ0) is 15.4. The van der Waals surface area contributed by atoms with Crippen molar-refractivity contribution in [3.8, 4) is 0 Å². The maximum atomic E-state index is 11.7. The minimum atomic E-state index is -0.642. The highest BCUT2D eigenvalue weighted by atomic mass is 35.5. The zero-order valence-electron chi connectivity index (χ0n) is 10.9. The first-order valence-corrected chi connectivity index (χ1v) is 6.24. The maximum absolute atomic E-state index is 11.7. The van der Waals surface area contributed by atoms with Gasteiger partial charge < -0.3 is 4.74 Å². The van der Waals surface area contributed by atoms with E-state index >= 15 is 0 Å². The van der Waals surface area contributed by atoms with Gasteiger partial charge in [0.2, 0.25) is 0 Å². The molecule has 1 heterocycles. The second-order valence-corrected chi connectivity index (χ2v) is 4.56. The Balaban J connectivity index is 2.04. The second-order valence-electron chi connectivity index (χ2n) is 4.15. The van der Waals surface area contributed by atoms with Gasteiger partial charge in [0, 0.05) is 23.9 Å². The van der Waals surface area contributed by atoms with Crippen molar-refractivity contribution in [1.82, 2.24) is 9.97 Å². The molecule has 0 amide bonds. The van der Waals surface area contributed by atoms with Crippen LogP contribution in [0.3, 0.4) is 0 Å². The molecule has 1 aromatic carbocycles. The van der Waals surface area contributed by atoms with E-state index < -0.39 is 10.9 Å². The minimum Gasteiger partial charge on any atom is -0.456 e. The Bertz CT molecular complexity index is 688. The second kappa shape index (κ2) is 6.27. The highest BCUT2D eigenvalue weighted by molar-refractivity contribution is 6.31. The van der Waals surface area contributed by atoms with Crippen molar-refractivity contribution in [1.29, 1.82) is 0 Å². The quantitative estimate of drug-likeness (QED) is 0.489. The Hall–Kier alpha value is -2.54. The lowest BCUT2D eigenvalue weighted by atomic mass is 10.2. The number of hydrogen-bond acceptors (Lipinski definition) is 6. The fourth-order valence-electron chi connectivity index (χ4n) is 1.48. The molecule has 0 saturated heterocycles. The van der Waals surface area contributed by atoms with Crippen molar-refractivity contribution >= 4 is 23.3 Å². The van der Waals surface area contributed by atoms with Crippen LogP contribution in [0.2, 0.25) is 5.02 Å². The van der Waals surface area contributed by atoms with Gasteiger partial charge in [0.15, 0.2) is 5.69 Å². The number of carbonyl (C=O) groups excluding carboxylic acids is 1. The molecule has 1 aromatic heterocycles. The molecule has 2 aromatic rings. The summed E-state index contributed by atoms with van der Waals surface area (Å²) in [5.74, 6) is -0.642. The minimum absolute atomic E-state index is 0.0821. The molecule has 7 nitrogen and oxygen atoms in total. The van der Waals surface area contributed by atoms with E-state index in [2.05, 4.69) is 9.97 Å². The van der Waals surface area contributed by atoms with E-state index in [0.29, 0.717) is 11.3 Å². The number of benzene rings is 1. The third-order valence-electron chi connectivity index (χ3n) is 2.60. The number of rotatable bonds is 4. The molecule has 0 aliphatic heterocycles. The number of ether oxygens (including phenoxy) is 1. The van der Waals surface area contributed by atoms with E-state index in [1.165, 1.54) is 30.6 Å². The number of hydrogen-bond donors (Lipinski definition) is 0. The van der Waals surface area contributed by atoms with Crippen molar-refractivity contribution in [2.24, 2.45) is 0 Å². The first-order chi connectivity index (χ1) is 9.97. The molecule has 0 radical (unpaired) electrons. The van der Waals surface area contributed by atoms with E-state index in [0.717, 1.165) is 0 Å². The molecule has 0 atom stereocenters. The molecule has 0 N–H and O–H groups in total. The van der Waals surface area contributed by atoms with Crippen LogP contribution < -0.4 is 0 Å². The van der Waals surface area contributed by atoms with E-state index in [1.54, 1.807) is 6.92 Å². The summed E-state index contributed by atoms with van der Waals surface area (Å²) in [7, 11) is 0. The summed E-state index contributed by atoms with van der Waals surface area (Å²) < 4.78 is 5.04. The smallest absolute Gasteiger partial charge is 0.358 e. The number of carbonyl (C=O) groups is 1. The van der Waals surface area contributed by atoms with Crippen LogP contribution in [0.5, 0.6) is 0 Å².